The maximum atomic E-state index is 11.7. The zero-order chi connectivity index (χ0) is 14.5. The highest BCUT2D eigenvalue weighted by atomic mass is 16.5. The first kappa shape index (κ1) is 17.2. The van der Waals surface area contributed by atoms with E-state index < -0.39 is 0 Å². The molecule has 0 heterocycles. The van der Waals surface area contributed by atoms with Crippen molar-refractivity contribution in [2.45, 2.75) is 67.4 Å². The van der Waals surface area contributed by atoms with Crippen molar-refractivity contribution in [1.82, 2.24) is 0 Å². The third-order valence-corrected chi connectivity index (χ3v) is 4.22. The van der Waals surface area contributed by atoms with Gasteiger partial charge in [-0.05, 0) is 32.1 Å². The number of ether oxygens (including phenoxy) is 1. The summed E-state index contributed by atoms with van der Waals surface area (Å²) in [6.45, 7) is 18.5. The van der Waals surface area contributed by atoms with Gasteiger partial charge in [0.2, 0.25) is 0 Å². The quantitative estimate of drug-likeness (QED) is 0.490. The summed E-state index contributed by atoms with van der Waals surface area (Å²) < 4.78 is 5.61. The molecule has 0 aromatic rings. The zero-order valence-electron chi connectivity index (χ0n) is 13.2. The molecule has 0 aliphatic heterocycles. The Morgan fingerprint density at radius 2 is 1.61 bits per heavy atom. The van der Waals surface area contributed by atoms with Crippen molar-refractivity contribution in [2.24, 2.45) is 17.3 Å². The standard InChI is InChI=1S/C16H30O2/c1-9-10-16(12(4)5,13(6)7)14(8)18-15(17)11(2)3/h12-14H,2,9-10H2,1,3-8H3. The van der Waals surface area contributed by atoms with Crippen molar-refractivity contribution in [1.29, 1.82) is 0 Å². The van der Waals surface area contributed by atoms with E-state index in [1.807, 2.05) is 6.92 Å². The van der Waals surface area contributed by atoms with Gasteiger partial charge >= 0.3 is 5.97 Å². The molecule has 0 bridgehead atoms. The SMILES string of the molecule is C=C(C)C(=O)OC(C)C(CCC)(C(C)C)C(C)C. The van der Waals surface area contributed by atoms with Gasteiger partial charge in [0.25, 0.3) is 0 Å². The molecule has 18 heavy (non-hydrogen) atoms. The van der Waals surface area contributed by atoms with Crippen LogP contribution in [0.25, 0.3) is 0 Å². The van der Waals surface area contributed by atoms with E-state index in [9.17, 15) is 4.79 Å². The molecule has 0 aliphatic carbocycles. The van der Waals surface area contributed by atoms with Gasteiger partial charge in [-0.1, -0.05) is 47.6 Å². The minimum absolute atomic E-state index is 0.0415. The summed E-state index contributed by atoms with van der Waals surface area (Å²) >= 11 is 0. The van der Waals surface area contributed by atoms with Gasteiger partial charge in [-0.2, -0.15) is 0 Å². The molecule has 0 saturated heterocycles. The van der Waals surface area contributed by atoms with E-state index in [0.29, 0.717) is 17.4 Å². The number of hydrogen-bond acceptors (Lipinski definition) is 2. The molecule has 2 nitrogen and oxygen atoms in total. The lowest BCUT2D eigenvalue weighted by Gasteiger charge is -2.45. The molecule has 0 rings (SSSR count). The Hall–Kier alpha value is -0.790. The van der Waals surface area contributed by atoms with Crippen molar-refractivity contribution in [3.05, 3.63) is 12.2 Å². The van der Waals surface area contributed by atoms with E-state index in [2.05, 4.69) is 41.2 Å². The van der Waals surface area contributed by atoms with E-state index >= 15 is 0 Å². The zero-order valence-corrected chi connectivity index (χ0v) is 13.2. The molecule has 0 aromatic carbocycles. The van der Waals surface area contributed by atoms with Crippen LogP contribution in [-0.2, 0) is 9.53 Å². The fraction of sp³-hybridized carbons (Fsp3) is 0.812. The van der Waals surface area contributed by atoms with Crippen LogP contribution in [0.1, 0.15) is 61.3 Å². The Labute approximate surface area is 113 Å². The third kappa shape index (κ3) is 3.60. The van der Waals surface area contributed by atoms with Gasteiger partial charge in [0.15, 0.2) is 0 Å². The normalized spacial score (nSPS) is 13.8. The van der Waals surface area contributed by atoms with Crippen LogP contribution in [0.4, 0.5) is 0 Å². The van der Waals surface area contributed by atoms with Gasteiger partial charge in [-0.15, -0.1) is 0 Å². The summed E-state index contributed by atoms with van der Waals surface area (Å²) in [5.41, 5.74) is 0.514. The van der Waals surface area contributed by atoms with Crippen LogP contribution in [0, 0.1) is 17.3 Å². The number of carbonyl (C=O) groups is 1. The second-order valence-electron chi connectivity index (χ2n) is 6.00. The topological polar surface area (TPSA) is 26.3 Å². The highest BCUT2D eigenvalue weighted by Gasteiger charge is 2.43. The first-order valence-electron chi connectivity index (χ1n) is 7.06. The Balaban J connectivity index is 5.17. The largest absolute Gasteiger partial charge is 0.459 e. The molecular weight excluding hydrogens is 224 g/mol. The van der Waals surface area contributed by atoms with Gasteiger partial charge in [0.05, 0.1) is 0 Å². The number of carbonyl (C=O) groups excluding carboxylic acids is 1. The molecule has 0 saturated carbocycles. The molecule has 0 N–H and O–H groups in total. The van der Waals surface area contributed by atoms with Crippen LogP contribution in [0.3, 0.4) is 0 Å². The van der Waals surface area contributed by atoms with Crippen LogP contribution in [0.15, 0.2) is 12.2 Å². The second-order valence-corrected chi connectivity index (χ2v) is 6.00. The Bertz CT molecular complexity index is 281. The van der Waals surface area contributed by atoms with Crippen molar-refractivity contribution in [3.63, 3.8) is 0 Å². The molecule has 1 unspecified atom stereocenters. The summed E-state index contributed by atoms with van der Waals surface area (Å²) in [4.78, 5) is 11.7. The number of hydrogen-bond donors (Lipinski definition) is 0. The molecule has 1 atom stereocenters. The first-order chi connectivity index (χ1) is 8.20. The monoisotopic (exact) mass is 254 g/mol. The predicted octanol–water partition coefficient (Wildman–Crippen LogP) is 4.59. The molecule has 106 valence electrons. The van der Waals surface area contributed by atoms with Crippen LogP contribution in [-0.4, -0.2) is 12.1 Å². The summed E-state index contributed by atoms with van der Waals surface area (Å²) in [5, 5.41) is 0. The molecule has 0 spiro atoms. The number of rotatable bonds is 7. The van der Waals surface area contributed by atoms with E-state index in [4.69, 9.17) is 4.74 Å². The molecular formula is C16H30O2. The van der Waals surface area contributed by atoms with Gasteiger partial charge in [0, 0.05) is 11.0 Å². The maximum absolute atomic E-state index is 11.7. The lowest BCUT2D eigenvalue weighted by atomic mass is 9.63. The lowest BCUT2D eigenvalue weighted by Crippen LogP contribution is -2.45. The van der Waals surface area contributed by atoms with Crippen LogP contribution in [0.5, 0.6) is 0 Å². The van der Waals surface area contributed by atoms with Crippen molar-refractivity contribution in [3.8, 4) is 0 Å². The average Bonchev–Trinajstić information content (AvgIpc) is 2.24. The maximum Gasteiger partial charge on any atom is 0.333 e. The van der Waals surface area contributed by atoms with Crippen LogP contribution in [0.2, 0.25) is 0 Å². The molecule has 0 fully saturated rings. The molecule has 0 radical (unpaired) electrons. The van der Waals surface area contributed by atoms with E-state index in [-0.39, 0.29) is 17.5 Å². The van der Waals surface area contributed by atoms with E-state index in [0.717, 1.165) is 12.8 Å². The summed E-state index contributed by atoms with van der Waals surface area (Å²) in [6.07, 6.45) is 2.10. The molecule has 0 aliphatic rings. The highest BCUT2D eigenvalue weighted by Crippen LogP contribution is 2.44. The minimum atomic E-state index is -0.274. The minimum Gasteiger partial charge on any atom is -0.459 e. The Morgan fingerprint density at radius 1 is 1.17 bits per heavy atom. The Morgan fingerprint density at radius 3 is 1.89 bits per heavy atom. The van der Waals surface area contributed by atoms with Gasteiger partial charge in [0.1, 0.15) is 6.10 Å². The van der Waals surface area contributed by atoms with Crippen LogP contribution < -0.4 is 0 Å². The van der Waals surface area contributed by atoms with E-state index in [1.165, 1.54) is 0 Å². The second kappa shape index (κ2) is 6.96. The van der Waals surface area contributed by atoms with Crippen molar-refractivity contribution in [2.75, 3.05) is 0 Å². The Kier molecular flexibility index (Phi) is 6.66. The average molecular weight is 254 g/mol. The predicted molar refractivity (Wildman–Crippen MR) is 77.4 cm³/mol. The van der Waals surface area contributed by atoms with E-state index in [1.54, 1.807) is 6.92 Å². The summed E-state index contributed by atoms with van der Waals surface area (Å²) in [5.74, 6) is 0.681. The van der Waals surface area contributed by atoms with Crippen LogP contribution >= 0.6 is 0 Å². The van der Waals surface area contributed by atoms with Crippen molar-refractivity contribution >= 4 is 5.97 Å². The molecule has 2 heteroatoms. The number of esters is 1. The van der Waals surface area contributed by atoms with Gasteiger partial charge in [-0.3, -0.25) is 0 Å². The molecule has 0 amide bonds. The highest BCUT2D eigenvalue weighted by molar-refractivity contribution is 5.87. The first-order valence-corrected chi connectivity index (χ1v) is 7.06. The van der Waals surface area contributed by atoms with Crippen molar-refractivity contribution < 1.29 is 9.53 Å². The fourth-order valence-electron chi connectivity index (χ4n) is 3.19. The molecule has 0 aromatic heterocycles. The summed E-state index contributed by atoms with van der Waals surface area (Å²) in [6, 6.07) is 0. The van der Waals surface area contributed by atoms with Gasteiger partial charge < -0.3 is 4.74 Å². The fourth-order valence-corrected chi connectivity index (χ4v) is 3.19. The smallest absolute Gasteiger partial charge is 0.333 e. The van der Waals surface area contributed by atoms with Gasteiger partial charge in [-0.25, -0.2) is 4.79 Å². The summed E-state index contributed by atoms with van der Waals surface area (Å²) in [7, 11) is 0. The third-order valence-electron chi connectivity index (χ3n) is 4.22. The lowest BCUT2D eigenvalue weighted by molar-refractivity contribution is -0.156.